The second kappa shape index (κ2) is 5.13. The van der Waals surface area contributed by atoms with Gasteiger partial charge in [-0.2, -0.15) is 0 Å². The Morgan fingerprint density at radius 2 is 1.88 bits per heavy atom. The monoisotopic (exact) mass is 244 g/mol. The van der Waals surface area contributed by atoms with E-state index in [0.717, 1.165) is 0 Å². The summed E-state index contributed by atoms with van der Waals surface area (Å²) in [7, 11) is 0. The van der Waals surface area contributed by atoms with Crippen molar-refractivity contribution in [1.82, 2.24) is 5.32 Å². The Bertz CT molecular complexity index is 338. The molecule has 0 heterocycles. The van der Waals surface area contributed by atoms with Gasteiger partial charge < -0.3 is 21.3 Å². The van der Waals surface area contributed by atoms with E-state index in [2.05, 4.69) is 5.32 Å². The number of nitrogens with two attached hydrogens (primary N) is 1. The van der Waals surface area contributed by atoms with Gasteiger partial charge in [0.25, 0.3) is 0 Å². The Morgan fingerprint density at radius 3 is 2.29 bits per heavy atom. The molecule has 96 valence electrons. The summed E-state index contributed by atoms with van der Waals surface area (Å²) < 4.78 is 0. The standard InChI is InChI=1S/C10H16N2O5/c11-10(4-5-10)9(17)12-6(8(15)16)2-1-3-7(13)14/h6H,1-5,11H2,(H,12,17)(H,13,14)(H,15,16)/t6-/m1/s1. The van der Waals surface area contributed by atoms with Crippen LogP contribution in [0.1, 0.15) is 32.1 Å². The van der Waals surface area contributed by atoms with Crippen LogP contribution in [0.5, 0.6) is 0 Å². The van der Waals surface area contributed by atoms with E-state index in [1.54, 1.807) is 0 Å². The Balaban J connectivity index is 2.40. The first-order valence-electron chi connectivity index (χ1n) is 5.39. The van der Waals surface area contributed by atoms with Crippen LogP contribution in [0.2, 0.25) is 0 Å². The molecule has 1 amide bonds. The molecule has 0 bridgehead atoms. The first-order chi connectivity index (χ1) is 7.85. The molecule has 1 saturated carbocycles. The number of hydrogen-bond donors (Lipinski definition) is 4. The van der Waals surface area contributed by atoms with Crippen LogP contribution in [0.15, 0.2) is 0 Å². The largest absolute Gasteiger partial charge is 0.481 e. The highest BCUT2D eigenvalue weighted by Gasteiger charge is 2.46. The number of carboxylic acid groups (broad SMARTS) is 2. The summed E-state index contributed by atoms with van der Waals surface area (Å²) in [6.45, 7) is 0. The maximum absolute atomic E-state index is 11.5. The molecule has 0 saturated heterocycles. The summed E-state index contributed by atoms with van der Waals surface area (Å²) in [4.78, 5) is 32.7. The SMILES string of the molecule is NC1(C(=O)N[C@H](CCCC(=O)O)C(=O)O)CC1. The van der Waals surface area contributed by atoms with Gasteiger partial charge in [0.2, 0.25) is 5.91 Å². The molecule has 0 aromatic heterocycles. The summed E-state index contributed by atoms with van der Waals surface area (Å²) >= 11 is 0. The number of aliphatic carboxylic acids is 2. The average molecular weight is 244 g/mol. The maximum atomic E-state index is 11.5. The van der Waals surface area contributed by atoms with Crippen molar-refractivity contribution in [2.75, 3.05) is 0 Å². The van der Waals surface area contributed by atoms with E-state index in [0.29, 0.717) is 12.8 Å². The molecule has 1 atom stereocenters. The van der Waals surface area contributed by atoms with Gasteiger partial charge in [0.15, 0.2) is 0 Å². The molecule has 5 N–H and O–H groups in total. The van der Waals surface area contributed by atoms with E-state index in [1.165, 1.54) is 0 Å². The van der Waals surface area contributed by atoms with Gasteiger partial charge in [-0.1, -0.05) is 0 Å². The highest BCUT2D eigenvalue weighted by atomic mass is 16.4. The van der Waals surface area contributed by atoms with Gasteiger partial charge >= 0.3 is 11.9 Å². The molecule has 7 heteroatoms. The van der Waals surface area contributed by atoms with Crippen molar-refractivity contribution < 1.29 is 24.6 Å². The molecule has 1 aliphatic carbocycles. The first kappa shape index (κ1) is 13.4. The molecule has 0 aromatic rings. The van der Waals surface area contributed by atoms with E-state index < -0.39 is 29.4 Å². The average Bonchev–Trinajstić information content (AvgIpc) is 2.95. The maximum Gasteiger partial charge on any atom is 0.326 e. The van der Waals surface area contributed by atoms with Crippen molar-refractivity contribution in [3.8, 4) is 0 Å². The van der Waals surface area contributed by atoms with Crippen molar-refractivity contribution in [3.63, 3.8) is 0 Å². The highest BCUT2D eigenvalue weighted by molar-refractivity contribution is 5.92. The van der Waals surface area contributed by atoms with Gasteiger partial charge in [-0.15, -0.1) is 0 Å². The van der Waals surface area contributed by atoms with Crippen molar-refractivity contribution in [1.29, 1.82) is 0 Å². The molecule has 0 unspecified atom stereocenters. The van der Waals surface area contributed by atoms with E-state index in [1.807, 2.05) is 0 Å². The molecule has 0 aliphatic heterocycles. The van der Waals surface area contributed by atoms with Crippen LogP contribution in [-0.2, 0) is 14.4 Å². The normalized spacial score (nSPS) is 18.2. The van der Waals surface area contributed by atoms with Crippen molar-refractivity contribution >= 4 is 17.8 Å². The molecule has 1 fully saturated rings. The molecular weight excluding hydrogens is 228 g/mol. The molecule has 0 radical (unpaired) electrons. The van der Waals surface area contributed by atoms with Crippen molar-refractivity contribution in [2.45, 2.75) is 43.7 Å². The minimum absolute atomic E-state index is 0.0868. The topological polar surface area (TPSA) is 130 Å². The Hall–Kier alpha value is -1.63. The van der Waals surface area contributed by atoms with Crippen molar-refractivity contribution in [3.05, 3.63) is 0 Å². The van der Waals surface area contributed by atoms with Crippen LogP contribution < -0.4 is 11.1 Å². The predicted molar refractivity (Wildman–Crippen MR) is 57.2 cm³/mol. The first-order valence-corrected chi connectivity index (χ1v) is 5.39. The van der Waals surface area contributed by atoms with Gasteiger partial charge in [-0.25, -0.2) is 4.79 Å². The molecule has 0 aromatic carbocycles. The number of carbonyl (C=O) groups excluding carboxylic acids is 1. The van der Waals surface area contributed by atoms with Crippen LogP contribution in [0.3, 0.4) is 0 Å². The van der Waals surface area contributed by atoms with E-state index in [-0.39, 0.29) is 19.3 Å². The Morgan fingerprint density at radius 1 is 1.29 bits per heavy atom. The van der Waals surface area contributed by atoms with Gasteiger partial charge in [-0.05, 0) is 25.7 Å². The summed E-state index contributed by atoms with van der Waals surface area (Å²) in [5, 5.41) is 19.6. The zero-order chi connectivity index (χ0) is 13.1. The van der Waals surface area contributed by atoms with Gasteiger partial charge in [0, 0.05) is 6.42 Å². The van der Waals surface area contributed by atoms with Gasteiger partial charge in [0.1, 0.15) is 6.04 Å². The summed E-state index contributed by atoms with van der Waals surface area (Å²) in [6, 6.07) is -1.07. The minimum atomic E-state index is -1.17. The van der Waals surface area contributed by atoms with Crippen molar-refractivity contribution in [2.24, 2.45) is 5.73 Å². The summed E-state index contributed by atoms with van der Waals surface area (Å²) in [5.74, 6) is -2.63. The lowest BCUT2D eigenvalue weighted by Gasteiger charge is -2.16. The quantitative estimate of drug-likeness (QED) is 0.468. The number of rotatable bonds is 7. The molecule has 1 rings (SSSR count). The minimum Gasteiger partial charge on any atom is -0.481 e. The number of carboxylic acids is 2. The molecular formula is C10H16N2O5. The lowest BCUT2D eigenvalue weighted by molar-refractivity contribution is -0.143. The fraction of sp³-hybridized carbons (Fsp3) is 0.700. The number of nitrogens with one attached hydrogen (secondary N) is 1. The third-order valence-electron chi connectivity index (χ3n) is 2.73. The van der Waals surface area contributed by atoms with E-state index in [9.17, 15) is 14.4 Å². The van der Waals surface area contributed by atoms with Crippen LogP contribution in [0.4, 0.5) is 0 Å². The zero-order valence-corrected chi connectivity index (χ0v) is 9.31. The lowest BCUT2D eigenvalue weighted by atomic mass is 10.1. The fourth-order valence-electron chi connectivity index (χ4n) is 1.38. The fourth-order valence-corrected chi connectivity index (χ4v) is 1.38. The van der Waals surface area contributed by atoms with Gasteiger partial charge in [0.05, 0.1) is 5.54 Å². The third kappa shape index (κ3) is 4.03. The summed E-state index contributed by atoms with van der Waals surface area (Å²) in [6.07, 6.45) is 1.28. The third-order valence-corrected chi connectivity index (χ3v) is 2.73. The van der Waals surface area contributed by atoms with Gasteiger partial charge in [-0.3, -0.25) is 9.59 Å². The van der Waals surface area contributed by atoms with Crippen LogP contribution in [-0.4, -0.2) is 39.6 Å². The number of hydrogen-bond acceptors (Lipinski definition) is 4. The summed E-state index contributed by atoms with van der Waals surface area (Å²) in [5.41, 5.74) is 4.70. The zero-order valence-electron chi connectivity index (χ0n) is 9.31. The van der Waals surface area contributed by atoms with Crippen LogP contribution in [0, 0.1) is 0 Å². The van der Waals surface area contributed by atoms with E-state index >= 15 is 0 Å². The molecule has 1 aliphatic rings. The Kier molecular flexibility index (Phi) is 4.06. The second-order valence-corrected chi connectivity index (χ2v) is 4.31. The van der Waals surface area contributed by atoms with Crippen LogP contribution in [0.25, 0.3) is 0 Å². The second-order valence-electron chi connectivity index (χ2n) is 4.31. The molecule has 17 heavy (non-hydrogen) atoms. The lowest BCUT2D eigenvalue weighted by Crippen LogP contribution is -2.49. The molecule has 0 spiro atoms. The predicted octanol–water partition coefficient (Wildman–Crippen LogP) is -0.698. The number of carbonyl (C=O) groups is 3. The Labute approximate surface area is 98.0 Å². The highest BCUT2D eigenvalue weighted by Crippen LogP contribution is 2.32. The smallest absolute Gasteiger partial charge is 0.326 e. The number of amides is 1. The van der Waals surface area contributed by atoms with E-state index in [4.69, 9.17) is 15.9 Å². The van der Waals surface area contributed by atoms with Crippen LogP contribution >= 0.6 is 0 Å². The molecule has 7 nitrogen and oxygen atoms in total.